The van der Waals surface area contributed by atoms with Gasteiger partial charge in [0, 0.05) is 26.1 Å². The van der Waals surface area contributed by atoms with Crippen molar-refractivity contribution in [2.75, 3.05) is 14.1 Å². The van der Waals surface area contributed by atoms with Crippen molar-refractivity contribution < 1.29 is 4.52 Å². The van der Waals surface area contributed by atoms with E-state index in [2.05, 4.69) is 56.5 Å². The number of rotatable bonds is 5. The first-order chi connectivity index (χ1) is 11.8. The highest BCUT2D eigenvalue weighted by Gasteiger charge is 2.21. The number of nitrogens with one attached hydrogen (secondary N) is 1. The molecule has 1 aromatic heterocycles. The topological polar surface area (TPSA) is 66.5 Å². The Morgan fingerprint density at radius 3 is 2.36 bits per heavy atom. The van der Waals surface area contributed by atoms with Crippen LogP contribution in [0.4, 0.5) is 0 Å². The molecule has 25 heavy (non-hydrogen) atoms. The average molecular weight is 343 g/mol. The quantitative estimate of drug-likeness (QED) is 0.667. The first-order valence-corrected chi connectivity index (χ1v) is 8.66. The molecule has 1 N–H and O–H groups in total. The number of aromatic nitrogens is 2. The van der Waals surface area contributed by atoms with E-state index < -0.39 is 0 Å². The van der Waals surface area contributed by atoms with Gasteiger partial charge in [0.2, 0.25) is 5.89 Å². The number of hydrogen-bond acceptors (Lipinski definition) is 4. The van der Waals surface area contributed by atoms with Crippen LogP contribution in [0.2, 0.25) is 0 Å². The summed E-state index contributed by atoms with van der Waals surface area (Å²) >= 11 is 0. The van der Waals surface area contributed by atoms with Crippen LogP contribution in [0.15, 0.2) is 33.8 Å². The summed E-state index contributed by atoms with van der Waals surface area (Å²) in [5.41, 5.74) is 2.45. The van der Waals surface area contributed by atoms with Crippen LogP contribution in [0.1, 0.15) is 50.5 Å². The smallest absolute Gasteiger partial charge is 0.232 e. The van der Waals surface area contributed by atoms with Gasteiger partial charge < -0.3 is 14.7 Å². The van der Waals surface area contributed by atoms with E-state index in [-0.39, 0.29) is 5.41 Å². The van der Waals surface area contributed by atoms with Crippen molar-refractivity contribution in [2.24, 2.45) is 4.99 Å². The third-order valence-corrected chi connectivity index (χ3v) is 3.94. The normalized spacial score (nSPS) is 12.3. The van der Waals surface area contributed by atoms with Gasteiger partial charge in [-0.2, -0.15) is 4.98 Å². The Hall–Kier alpha value is -2.37. The van der Waals surface area contributed by atoms with Crippen LogP contribution in [-0.2, 0) is 24.9 Å². The minimum absolute atomic E-state index is 0.144. The molecule has 0 spiro atoms. The molecule has 136 valence electrons. The third kappa shape index (κ3) is 5.31. The molecule has 2 aromatic rings. The molecule has 0 saturated carbocycles. The molecule has 0 aliphatic rings. The lowest BCUT2D eigenvalue weighted by Crippen LogP contribution is -2.38. The molecule has 1 aromatic carbocycles. The zero-order chi connectivity index (χ0) is 18.4. The summed E-state index contributed by atoms with van der Waals surface area (Å²) in [5.74, 6) is 2.07. The summed E-state index contributed by atoms with van der Waals surface area (Å²) in [5, 5.41) is 7.31. The van der Waals surface area contributed by atoms with Gasteiger partial charge in [-0.05, 0) is 17.5 Å². The number of guanidine groups is 1. The highest BCUT2D eigenvalue weighted by molar-refractivity contribution is 5.79. The second-order valence-electron chi connectivity index (χ2n) is 7.19. The zero-order valence-corrected chi connectivity index (χ0v) is 16.1. The van der Waals surface area contributed by atoms with Crippen molar-refractivity contribution in [1.29, 1.82) is 0 Å². The molecule has 0 aliphatic carbocycles. The van der Waals surface area contributed by atoms with E-state index in [4.69, 9.17) is 4.52 Å². The van der Waals surface area contributed by atoms with Gasteiger partial charge in [0.15, 0.2) is 11.8 Å². The summed E-state index contributed by atoms with van der Waals surface area (Å²) in [6, 6.07) is 8.67. The van der Waals surface area contributed by atoms with Gasteiger partial charge in [-0.1, -0.05) is 57.1 Å². The minimum atomic E-state index is -0.144. The standard InChI is InChI=1S/C19H29N5O/c1-7-14-8-10-15(11-9-14)13-24(6)18(20-5)21-12-16-22-17(25-23-16)19(2,3)4/h8-11H,7,12-13H2,1-6H3,(H,20,21). The maximum absolute atomic E-state index is 5.32. The predicted molar refractivity (Wildman–Crippen MR) is 100 cm³/mol. The first kappa shape index (κ1) is 19.0. The fourth-order valence-corrected chi connectivity index (χ4v) is 2.40. The van der Waals surface area contributed by atoms with Crippen molar-refractivity contribution in [2.45, 2.75) is 52.6 Å². The molecule has 6 nitrogen and oxygen atoms in total. The first-order valence-electron chi connectivity index (χ1n) is 8.66. The van der Waals surface area contributed by atoms with E-state index >= 15 is 0 Å². The Labute approximate surface area is 150 Å². The molecule has 0 atom stereocenters. The maximum atomic E-state index is 5.32. The molecular weight excluding hydrogens is 314 g/mol. The minimum Gasteiger partial charge on any atom is -0.349 e. The number of aliphatic imine (C=N–C) groups is 1. The molecule has 0 radical (unpaired) electrons. The Balaban J connectivity index is 1.93. The lowest BCUT2D eigenvalue weighted by Gasteiger charge is -2.21. The summed E-state index contributed by atoms with van der Waals surface area (Å²) in [7, 11) is 3.79. The molecular formula is C19H29N5O. The Morgan fingerprint density at radius 2 is 1.84 bits per heavy atom. The van der Waals surface area contributed by atoms with E-state index in [1.807, 2.05) is 27.8 Å². The van der Waals surface area contributed by atoms with Crippen LogP contribution in [0.5, 0.6) is 0 Å². The second-order valence-corrected chi connectivity index (χ2v) is 7.19. The van der Waals surface area contributed by atoms with E-state index in [1.54, 1.807) is 7.05 Å². The highest BCUT2D eigenvalue weighted by Crippen LogP contribution is 2.19. The maximum Gasteiger partial charge on any atom is 0.232 e. The number of nitrogens with zero attached hydrogens (tertiary/aromatic N) is 4. The van der Waals surface area contributed by atoms with Gasteiger partial charge in [0.1, 0.15) is 0 Å². The average Bonchev–Trinajstić information content (AvgIpc) is 3.05. The molecule has 0 unspecified atom stereocenters. The van der Waals surface area contributed by atoms with Crippen LogP contribution in [0.25, 0.3) is 0 Å². The Bertz CT molecular complexity index is 697. The molecule has 0 amide bonds. The van der Waals surface area contributed by atoms with Crippen LogP contribution >= 0.6 is 0 Å². The SMILES string of the molecule is CCc1ccc(CN(C)C(=NC)NCc2noc(C(C)(C)C)n2)cc1. The summed E-state index contributed by atoms with van der Waals surface area (Å²) in [4.78, 5) is 10.8. The van der Waals surface area contributed by atoms with Crippen LogP contribution in [0, 0.1) is 0 Å². The monoisotopic (exact) mass is 343 g/mol. The van der Waals surface area contributed by atoms with Crippen molar-refractivity contribution in [3.63, 3.8) is 0 Å². The van der Waals surface area contributed by atoms with Gasteiger partial charge in [-0.25, -0.2) is 0 Å². The molecule has 1 heterocycles. The Kier molecular flexibility index (Phi) is 6.17. The van der Waals surface area contributed by atoms with Crippen LogP contribution < -0.4 is 5.32 Å². The van der Waals surface area contributed by atoms with E-state index in [0.29, 0.717) is 18.3 Å². The predicted octanol–water partition coefficient (Wildman–Crippen LogP) is 3.14. The van der Waals surface area contributed by atoms with Gasteiger partial charge in [-0.15, -0.1) is 0 Å². The van der Waals surface area contributed by atoms with Gasteiger partial charge >= 0.3 is 0 Å². The third-order valence-electron chi connectivity index (χ3n) is 3.94. The van der Waals surface area contributed by atoms with Crippen molar-refractivity contribution in [3.8, 4) is 0 Å². The van der Waals surface area contributed by atoms with E-state index in [9.17, 15) is 0 Å². The molecule has 6 heteroatoms. The molecule has 0 bridgehead atoms. The number of benzene rings is 1. The molecule has 0 aliphatic heterocycles. The summed E-state index contributed by atoms with van der Waals surface area (Å²) < 4.78 is 5.32. The fourth-order valence-electron chi connectivity index (χ4n) is 2.40. The largest absolute Gasteiger partial charge is 0.349 e. The number of aryl methyl sites for hydroxylation is 1. The van der Waals surface area contributed by atoms with Crippen molar-refractivity contribution in [1.82, 2.24) is 20.4 Å². The lowest BCUT2D eigenvalue weighted by atomic mass is 9.97. The van der Waals surface area contributed by atoms with Crippen molar-refractivity contribution >= 4 is 5.96 Å². The second kappa shape index (κ2) is 8.14. The fraction of sp³-hybridized carbons (Fsp3) is 0.526. The van der Waals surface area contributed by atoms with Gasteiger partial charge in [0.05, 0.1) is 6.54 Å². The summed E-state index contributed by atoms with van der Waals surface area (Å²) in [6.07, 6.45) is 1.06. The highest BCUT2D eigenvalue weighted by atomic mass is 16.5. The summed E-state index contributed by atoms with van der Waals surface area (Å²) in [6.45, 7) is 9.57. The number of hydrogen-bond donors (Lipinski definition) is 1. The molecule has 2 rings (SSSR count). The molecule has 0 saturated heterocycles. The van der Waals surface area contributed by atoms with Crippen LogP contribution in [0.3, 0.4) is 0 Å². The van der Waals surface area contributed by atoms with Gasteiger partial charge in [-0.3, -0.25) is 4.99 Å². The zero-order valence-electron chi connectivity index (χ0n) is 16.1. The van der Waals surface area contributed by atoms with E-state index in [0.717, 1.165) is 18.9 Å². The van der Waals surface area contributed by atoms with E-state index in [1.165, 1.54) is 11.1 Å². The van der Waals surface area contributed by atoms with Gasteiger partial charge in [0.25, 0.3) is 0 Å². The van der Waals surface area contributed by atoms with Crippen molar-refractivity contribution in [3.05, 3.63) is 47.1 Å². The van der Waals surface area contributed by atoms with Crippen LogP contribution in [-0.4, -0.2) is 35.1 Å². The molecule has 0 fully saturated rings. The Morgan fingerprint density at radius 1 is 1.20 bits per heavy atom. The lowest BCUT2D eigenvalue weighted by molar-refractivity contribution is 0.318.